The lowest BCUT2D eigenvalue weighted by atomic mass is 10.1. The van der Waals surface area contributed by atoms with Crippen LogP contribution in [0.5, 0.6) is 0 Å². The Morgan fingerprint density at radius 1 is 1.38 bits per heavy atom. The summed E-state index contributed by atoms with van der Waals surface area (Å²) >= 11 is 0. The molecule has 1 rings (SSSR count). The molecule has 0 amide bonds. The van der Waals surface area contributed by atoms with Crippen molar-refractivity contribution >= 4 is 6.29 Å². The summed E-state index contributed by atoms with van der Waals surface area (Å²) in [5, 5.41) is 0. The highest BCUT2D eigenvalue weighted by molar-refractivity contribution is 5.59. The van der Waals surface area contributed by atoms with E-state index >= 15 is 0 Å². The Morgan fingerprint density at radius 2 is 2.08 bits per heavy atom. The summed E-state index contributed by atoms with van der Waals surface area (Å²) in [6, 6.07) is 9.30. The normalized spacial score (nSPS) is 12.4. The molecule has 0 saturated carbocycles. The van der Waals surface area contributed by atoms with E-state index in [1.165, 1.54) is 7.11 Å². The number of methoxy groups -OCH3 is 1. The number of carbonyl (C=O) groups is 1. The van der Waals surface area contributed by atoms with Gasteiger partial charge in [-0.3, -0.25) is 0 Å². The number of aldehydes is 1. The standard InChI is InChI=1S/C10H12O3/c1-12-8-13-10(7-11)9-5-3-2-4-6-9/h2-7,10H,8H2,1H3/t10-/m0/s1. The molecule has 3 nitrogen and oxygen atoms in total. The maximum Gasteiger partial charge on any atom is 0.153 e. The van der Waals surface area contributed by atoms with Crippen LogP contribution in [0.3, 0.4) is 0 Å². The summed E-state index contributed by atoms with van der Waals surface area (Å²) in [4.78, 5) is 10.6. The van der Waals surface area contributed by atoms with E-state index in [1.54, 1.807) is 0 Å². The van der Waals surface area contributed by atoms with Gasteiger partial charge in [0.05, 0.1) is 0 Å². The highest BCUT2D eigenvalue weighted by Crippen LogP contribution is 2.13. The van der Waals surface area contributed by atoms with Crippen LogP contribution < -0.4 is 0 Å². The molecule has 1 atom stereocenters. The summed E-state index contributed by atoms with van der Waals surface area (Å²) < 4.78 is 9.85. The van der Waals surface area contributed by atoms with Gasteiger partial charge < -0.3 is 14.3 Å². The molecule has 0 N–H and O–H groups in total. The van der Waals surface area contributed by atoms with Crippen LogP contribution in [-0.2, 0) is 14.3 Å². The third kappa shape index (κ3) is 2.97. The summed E-state index contributed by atoms with van der Waals surface area (Å²) in [7, 11) is 1.52. The highest BCUT2D eigenvalue weighted by atomic mass is 16.7. The number of benzene rings is 1. The van der Waals surface area contributed by atoms with Crippen LogP contribution in [0.2, 0.25) is 0 Å². The topological polar surface area (TPSA) is 35.5 Å². The Kier molecular flexibility index (Phi) is 4.15. The van der Waals surface area contributed by atoms with Crippen LogP contribution in [0, 0.1) is 0 Å². The van der Waals surface area contributed by atoms with Crippen LogP contribution in [0.25, 0.3) is 0 Å². The molecule has 0 radical (unpaired) electrons. The van der Waals surface area contributed by atoms with E-state index in [1.807, 2.05) is 30.3 Å². The first-order valence-electron chi connectivity index (χ1n) is 3.99. The summed E-state index contributed by atoms with van der Waals surface area (Å²) in [5.74, 6) is 0. The smallest absolute Gasteiger partial charge is 0.153 e. The predicted molar refractivity (Wildman–Crippen MR) is 48.2 cm³/mol. The maximum absolute atomic E-state index is 10.6. The summed E-state index contributed by atoms with van der Waals surface area (Å²) in [6.07, 6.45) is 0.232. The number of carbonyl (C=O) groups excluding carboxylic acids is 1. The van der Waals surface area contributed by atoms with E-state index in [4.69, 9.17) is 9.47 Å². The fourth-order valence-electron chi connectivity index (χ4n) is 0.998. The summed E-state index contributed by atoms with van der Waals surface area (Å²) in [6.45, 7) is 0.123. The maximum atomic E-state index is 10.6. The van der Waals surface area contributed by atoms with Gasteiger partial charge in [0, 0.05) is 7.11 Å². The van der Waals surface area contributed by atoms with Gasteiger partial charge >= 0.3 is 0 Å². The third-order valence-corrected chi connectivity index (χ3v) is 1.62. The van der Waals surface area contributed by atoms with E-state index in [9.17, 15) is 4.79 Å². The minimum absolute atomic E-state index is 0.123. The van der Waals surface area contributed by atoms with E-state index in [-0.39, 0.29) is 6.79 Å². The van der Waals surface area contributed by atoms with Crippen molar-refractivity contribution in [1.29, 1.82) is 0 Å². The Bertz CT molecular complexity index is 246. The number of rotatable bonds is 5. The summed E-state index contributed by atoms with van der Waals surface area (Å²) in [5.41, 5.74) is 0.842. The van der Waals surface area contributed by atoms with Crippen LogP contribution in [0.1, 0.15) is 11.7 Å². The van der Waals surface area contributed by atoms with Crippen molar-refractivity contribution in [2.24, 2.45) is 0 Å². The molecule has 1 aromatic rings. The van der Waals surface area contributed by atoms with Gasteiger partial charge in [-0.1, -0.05) is 30.3 Å². The number of ether oxygens (including phenoxy) is 2. The van der Waals surface area contributed by atoms with Gasteiger partial charge in [0.1, 0.15) is 12.9 Å². The first-order chi connectivity index (χ1) is 6.38. The molecule has 1 aromatic carbocycles. The fourth-order valence-corrected chi connectivity index (χ4v) is 0.998. The second-order valence-corrected chi connectivity index (χ2v) is 2.54. The first kappa shape index (κ1) is 9.89. The molecule has 0 bridgehead atoms. The molecule has 0 aromatic heterocycles. The molecule has 70 valence electrons. The average Bonchev–Trinajstić information content (AvgIpc) is 2.21. The largest absolute Gasteiger partial charge is 0.359 e. The monoisotopic (exact) mass is 180 g/mol. The minimum atomic E-state index is -0.527. The molecule has 0 unspecified atom stereocenters. The minimum Gasteiger partial charge on any atom is -0.359 e. The van der Waals surface area contributed by atoms with E-state index in [0.29, 0.717) is 0 Å². The number of hydrogen-bond acceptors (Lipinski definition) is 3. The Labute approximate surface area is 77.3 Å². The van der Waals surface area contributed by atoms with Crippen molar-refractivity contribution in [1.82, 2.24) is 0 Å². The van der Waals surface area contributed by atoms with E-state index < -0.39 is 6.10 Å². The van der Waals surface area contributed by atoms with Crippen LogP contribution in [0.4, 0.5) is 0 Å². The van der Waals surface area contributed by atoms with Crippen molar-refractivity contribution in [3.05, 3.63) is 35.9 Å². The van der Waals surface area contributed by atoms with Gasteiger partial charge in [0.25, 0.3) is 0 Å². The molecule has 0 aliphatic carbocycles. The molecular formula is C10H12O3. The van der Waals surface area contributed by atoms with Crippen molar-refractivity contribution < 1.29 is 14.3 Å². The van der Waals surface area contributed by atoms with Crippen LogP contribution >= 0.6 is 0 Å². The molecule has 13 heavy (non-hydrogen) atoms. The van der Waals surface area contributed by atoms with Crippen molar-refractivity contribution in [3.8, 4) is 0 Å². The van der Waals surface area contributed by atoms with Gasteiger partial charge in [0.2, 0.25) is 0 Å². The Balaban J connectivity index is 2.61. The average molecular weight is 180 g/mol. The lowest BCUT2D eigenvalue weighted by Gasteiger charge is -2.10. The second-order valence-electron chi connectivity index (χ2n) is 2.54. The van der Waals surface area contributed by atoms with Gasteiger partial charge in [-0.2, -0.15) is 0 Å². The molecule has 0 saturated heterocycles. The zero-order chi connectivity index (χ0) is 9.52. The van der Waals surface area contributed by atoms with E-state index in [0.717, 1.165) is 11.8 Å². The molecule has 3 heteroatoms. The zero-order valence-corrected chi connectivity index (χ0v) is 7.47. The van der Waals surface area contributed by atoms with Gasteiger partial charge in [0.15, 0.2) is 6.29 Å². The van der Waals surface area contributed by atoms with Crippen LogP contribution in [-0.4, -0.2) is 20.2 Å². The zero-order valence-electron chi connectivity index (χ0n) is 7.47. The number of hydrogen-bond donors (Lipinski definition) is 0. The van der Waals surface area contributed by atoms with Gasteiger partial charge in [-0.05, 0) is 5.56 Å². The molecule has 0 fully saturated rings. The van der Waals surface area contributed by atoms with Crippen LogP contribution in [0.15, 0.2) is 30.3 Å². The predicted octanol–water partition coefficient (Wildman–Crippen LogP) is 1.55. The molecule has 0 aliphatic rings. The van der Waals surface area contributed by atoms with Crippen molar-refractivity contribution in [2.75, 3.05) is 13.9 Å². The molecule has 0 heterocycles. The molecule has 0 spiro atoms. The molecule has 0 aliphatic heterocycles. The van der Waals surface area contributed by atoms with Gasteiger partial charge in [-0.25, -0.2) is 0 Å². The van der Waals surface area contributed by atoms with E-state index in [2.05, 4.69) is 0 Å². The highest BCUT2D eigenvalue weighted by Gasteiger charge is 2.08. The fraction of sp³-hybridized carbons (Fsp3) is 0.300. The lowest BCUT2D eigenvalue weighted by Crippen LogP contribution is -2.07. The first-order valence-corrected chi connectivity index (χ1v) is 3.99. The van der Waals surface area contributed by atoms with Crippen molar-refractivity contribution in [3.63, 3.8) is 0 Å². The SMILES string of the molecule is COCO[C@@H](C=O)c1ccccc1. The second kappa shape index (κ2) is 5.45. The van der Waals surface area contributed by atoms with Gasteiger partial charge in [-0.15, -0.1) is 0 Å². The molecular weight excluding hydrogens is 168 g/mol. The quantitative estimate of drug-likeness (QED) is 0.509. The lowest BCUT2D eigenvalue weighted by molar-refractivity contribution is -0.128. The Morgan fingerprint density at radius 3 is 2.62 bits per heavy atom. The Hall–Kier alpha value is -1.19. The third-order valence-electron chi connectivity index (χ3n) is 1.62. The van der Waals surface area contributed by atoms with Crippen molar-refractivity contribution in [2.45, 2.75) is 6.10 Å².